The van der Waals surface area contributed by atoms with Crippen molar-refractivity contribution in [3.63, 3.8) is 0 Å². The molecule has 0 aliphatic carbocycles. The largest absolute Gasteiger partial charge is 0.481 e. The molecule has 0 fully saturated rings. The maximum absolute atomic E-state index is 11.3. The Labute approximate surface area is 137 Å². The van der Waals surface area contributed by atoms with E-state index in [0.717, 1.165) is 22.8 Å². The second kappa shape index (κ2) is 6.62. The zero-order chi connectivity index (χ0) is 16.2. The summed E-state index contributed by atoms with van der Waals surface area (Å²) in [6.07, 6.45) is 0.727. The van der Waals surface area contributed by atoms with E-state index < -0.39 is 5.97 Å². The van der Waals surface area contributed by atoms with Gasteiger partial charge in [0.2, 0.25) is 0 Å². The first-order chi connectivity index (χ1) is 11.2. The van der Waals surface area contributed by atoms with Gasteiger partial charge >= 0.3 is 5.97 Å². The van der Waals surface area contributed by atoms with Gasteiger partial charge in [0, 0.05) is 15.6 Å². The molecule has 0 N–H and O–H groups in total. The number of carbonyl (C=O) groups is 2. The first-order valence-corrected chi connectivity index (χ1v) is 7.86. The lowest BCUT2D eigenvalue weighted by molar-refractivity contribution is -0.142. The molecule has 3 aromatic rings. The van der Waals surface area contributed by atoms with Crippen LogP contribution < -0.4 is 4.74 Å². The Bertz CT molecular complexity index is 866. The molecule has 23 heavy (non-hydrogen) atoms. The number of benzene rings is 2. The Morgan fingerprint density at radius 2 is 2.04 bits per heavy atom. The summed E-state index contributed by atoms with van der Waals surface area (Å²) in [7, 11) is 1.29. The number of aldehydes is 1. The predicted molar refractivity (Wildman–Crippen MR) is 90.2 cm³/mol. The highest BCUT2D eigenvalue weighted by atomic mass is 32.1. The molecule has 0 amide bonds. The normalized spacial score (nSPS) is 10.5. The van der Waals surface area contributed by atoms with Crippen LogP contribution in [0.2, 0.25) is 0 Å². The van der Waals surface area contributed by atoms with Gasteiger partial charge in [0.1, 0.15) is 5.75 Å². The van der Waals surface area contributed by atoms with E-state index in [1.807, 2.05) is 18.2 Å². The summed E-state index contributed by atoms with van der Waals surface area (Å²) in [5.74, 6) is -0.122. The fourth-order valence-corrected chi connectivity index (χ4v) is 3.31. The summed E-state index contributed by atoms with van der Waals surface area (Å²) in [6, 6.07) is 13.5. The van der Waals surface area contributed by atoms with Crippen molar-refractivity contribution >= 4 is 33.7 Å². The number of carbonyl (C=O) groups excluding carboxylic acids is 2. The highest BCUT2D eigenvalue weighted by Gasteiger charge is 2.11. The number of hydrogen-bond acceptors (Lipinski definition) is 5. The number of fused-ring (bicyclic) bond motifs is 1. The maximum atomic E-state index is 11.3. The number of thiophene rings is 1. The van der Waals surface area contributed by atoms with E-state index in [1.165, 1.54) is 11.8 Å². The zero-order valence-corrected chi connectivity index (χ0v) is 13.3. The fraction of sp³-hybridized carbons (Fsp3) is 0.111. The molecule has 4 nitrogen and oxygen atoms in total. The van der Waals surface area contributed by atoms with E-state index in [0.29, 0.717) is 11.3 Å². The summed E-state index contributed by atoms with van der Waals surface area (Å²) in [4.78, 5) is 22.5. The molecule has 0 atom stereocenters. The van der Waals surface area contributed by atoms with E-state index in [2.05, 4.69) is 22.2 Å². The van der Waals surface area contributed by atoms with Gasteiger partial charge in [0.25, 0.3) is 0 Å². The minimum absolute atomic E-state index is 0.224. The molecule has 0 bridgehead atoms. The van der Waals surface area contributed by atoms with E-state index >= 15 is 0 Å². The lowest BCUT2D eigenvalue weighted by atomic mass is 10.0. The van der Waals surface area contributed by atoms with E-state index in [9.17, 15) is 9.59 Å². The summed E-state index contributed by atoms with van der Waals surface area (Å²) in [6.45, 7) is -0.224. The third-order valence-electron chi connectivity index (χ3n) is 3.50. The average molecular weight is 326 g/mol. The molecule has 3 rings (SSSR count). The van der Waals surface area contributed by atoms with Crippen LogP contribution in [0.25, 0.3) is 21.2 Å². The molecule has 0 saturated carbocycles. The lowest BCUT2D eigenvalue weighted by Crippen LogP contribution is -2.13. The van der Waals surface area contributed by atoms with Crippen LogP contribution in [0.5, 0.6) is 5.75 Å². The van der Waals surface area contributed by atoms with Crippen molar-refractivity contribution in [2.45, 2.75) is 0 Å². The van der Waals surface area contributed by atoms with Gasteiger partial charge in [-0.15, -0.1) is 11.3 Å². The minimum atomic E-state index is -0.491. The standard InChI is InChI=1S/C18H14O4S/c1-21-18(20)10-22-16-7-6-12(8-13(16)9-19)15-11-23-17-5-3-2-4-14(15)17/h2-9,11H,10H2,1H3. The second-order valence-electron chi connectivity index (χ2n) is 4.88. The molecule has 0 radical (unpaired) electrons. The molecule has 0 saturated heterocycles. The molecular weight excluding hydrogens is 312 g/mol. The van der Waals surface area contributed by atoms with Gasteiger partial charge in [-0.1, -0.05) is 24.3 Å². The first kappa shape index (κ1) is 15.2. The van der Waals surface area contributed by atoms with Crippen molar-refractivity contribution < 1.29 is 19.1 Å². The predicted octanol–water partition coefficient (Wildman–Crippen LogP) is 3.93. The van der Waals surface area contributed by atoms with Crippen molar-refractivity contribution in [2.75, 3.05) is 13.7 Å². The Morgan fingerprint density at radius 3 is 2.83 bits per heavy atom. The van der Waals surface area contributed by atoms with E-state index in [-0.39, 0.29) is 6.61 Å². The van der Waals surface area contributed by atoms with Crippen LogP contribution in [0.1, 0.15) is 10.4 Å². The number of methoxy groups -OCH3 is 1. The van der Waals surface area contributed by atoms with Gasteiger partial charge in [0.05, 0.1) is 12.7 Å². The second-order valence-corrected chi connectivity index (χ2v) is 5.79. The van der Waals surface area contributed by atoms with Gasteiger partial charge in [-0.25, -0.2) is 4.79 Å². The topological polar surface area (TPSA) is 52.6 Å². The summed E-state index contributed by atoms with van der Waals surface area (Å²) < 4.78 is 11.1. The van der Waals surface area contributed by atoms with E-state index in [1.54, 1.807) is 23.5 Å². The monoisotopic (exact) mass is 326 g/mol. The Balaban J connectivity index is 1.95. The number of esters is 1. The van der Waals surface area contributed by atoms with Crippen molar-refractivity contribution in [1.29, 1.82) is 0 Å². The lowest BCUT2D eigenvalue weighted by Gasteiger charge is -2.09. The summed E-state index contributed by atoms with van der Waals surface area (Å²) >= 11 is 1.66. The van der Waals surface area contributed by atoms with Crippen LogP contribution in [-0.2, 0) is 9.53 Å². The van der Waals surface area contributed by atoms with Gasteiger partial charge in [-0.3, -0.25) is 4.79 Å². The van der Waals surface area contributed by atoms with Gasteiger partial charge in [-0.05, 0) is 29.1 Å². The zero-order valence-electron chi connectivity index (χ0n) is 12.4. The van der Waals surface area contributed by atoms with Gasteiger partial charge < -0.3 is 9.47 Å². The van der Waals surface area contributed by atoms with Gasteiger partial charge in [0.15, 0.2) is 12.9 Å². The number of ether oxygens (including phenoxy) is 2. The van der Waals surface area contributed by atoms with Crippen molar-refractivity contribution in [2.24, 2.45) is 0 Å². The Morgan fingerprint density at radius 1 is 1.22 bits per heavy atom. The molecule has 5 heteroatoms. The maximum Gasteiger partial charge on any atom is 0.343 e. The highest BCUT2D eigenvalue weighted by Crippen LogP contribution is 2.35. The number of rotatable bonds is 5. The molecule has 1 aromatic heterocycles. The van der Waals surface area contributed by atoms with Gasteiger partial charge in [-0.2, -0.15) is 0 Å². The SMILES string of the molecule is COC(=O)COc1ccc(-c2csc3ccccc23)cc1C=O. The minimum Gasteiger partial charge on any atom is -0.481 e. The fourth-order valence-electron chi connectivity index (χ4n) is 2.34. The first-order valence-electron chi connectivity index (χ1n) is 6.98. The quantitative estimate of drug-likeness (QED) is 0.526. The third kappa shape index (κ3) is 3.10. The molecule has 0 aliphatic rings. The van der Waals surface area contributed by atoms with Crippen molar-refractivity contribution in [3.8, 4) is 16.9 Å². The highest BCUT2D eigenvalue weighted by molar-refractivity contribution is 7.17. The molecule has 0 spiro atoms. The average Bonchev–Trinajstić information content (AvgIpc) is 3.03. The summed E-state index contributed by atoms with van der Waals surface area (Å²) in [5.41, 5.74) is 2.42. The van der Waals surface area contributed by atoms with Crippen LogP contribution in [0.15, 0.2) is 47.8 Å². The Hall–Kier alpha value is -2.66. The van der Waals surface area contributed by atoms with Crippen LogP contribution in [-0.4, -0.2) is 26.0 Å². The number of hydrogen-bond donors (Lipinski definition) is 0. The van der Waals surface area contributed by atoms with Crippen molar-refractivity contribution in [3.05, 3.63) is 53.4 Å². The summed E-state index contributed by atoms with van der Waals surface area (Å²) in [5, 5.41) is 3.22. The van der Waals surface area contributed by atoms with Crippen LogP contribution in [0.3, 0.4) is 0 Å². The van der Waals surface area contributed by atoms with Crippen molar-refractivity contribution in [1.82, 2.24) is 0 Å². The third-order valence-corrected chi connectivity index (χ3v) is 4.47. The molecular formula is C18H14O4S. The smallest absolute Gasteiger partial charge is 0.343 e. The van der Waals surface area contributed by atoms with Crippen LogP contribution in [0.4, 0.5) is 0 Å². The van der Waals surface area contributed by atoms with Crippen LogP contribution >= 0.6 is 11.3 Å². The van der Waals surface area contributed by atoms with E-state index in [4.69, 9.17) is 4.74 Å². The molecule has 1 heterocycles. The molecule has 116 valence electrons. The molecule has 0 aliphatic heterocycles. The Kier molecular flexibility index (Phi) is 4.39. The molecule has 0 unspecified atom stereocenters. The van der Waals surface area contributed by atoms with Crippen LogP contribution in [0, 0.1) is 0 Å². The molecule has 2 aromatic carbocycles.